The van der Waals surface area contributed by atoms with Crippen molar-refractivity contribution < 1.29 is 0 Å². The van der Waals surface area contributed by atoms with Gasteiger partial charge in [0.2, 0.25) is 0 Å². The summed E-state index contributed by atoms with van der Waals surface area (Å²) in [6.45, 7) is 2.76. The van der Waals surface area contributed by atoms with Gasteiger partial charge < -0.3 is 5.32 Å². The van der Waals surface area contributed by atoms with E-state index < -0.39 is 0 Å². The molecule has 4 heteroatoms. The Hall–Kier alpha value is -1.06. The van der Waals surface area contributed by atoms with Gasteiger partial charge in [-0.25, -0.2) is 0 Å². The summed E-state index contributed by atoms with van der Waals surface area (Å²) >= 11 is 9.41. The van der Waals surface area contributed by atoms with E-state index in [-0.39, 0.29) is 0 Å². The van der Waals surface area contributed by atoms with Crippen LogP contribution in [0.25, 0.3) is 0 Å². The first-order valence-electron chi connectivity index (χ1n) is 5.24. The number of aromatic nitrogens is 1. The molecule has 0 radical (unpaired) electrons. The molecule has 0 amide bonds. The second-order valence-electron chi connectivity index (χ2n) is 3.85. The summed E-state index contributed by atoms with van der Waals surface area (Å²) in [5.74, 6) is 0. The van der Waals surface area contributed by atoms with Crippen LogP contribution in [-0.2, 0) is 6.54 Å². The number of nitrogens with zero attached hydrogens (tertiary/aromatic N) is 1. The van der Waals surface area contributed by atoms with Gasteiger partial charge >= 0.3 is 0 Å². The highest BCUT2D eigenvalue weighted by Gasteiger charge is 1.99. The van der Waals surface area contributed by atoms with Gasteiger partial charge in [0, 0.05) is 23.4 Å². The van der Waals surface area contributed by atoms with E-state index in [1.165, 1.54) is 0 Å². The van der Waals surface area contributed by atoms with Crippen LogP contribution in [0, 0.1) is 6.92 Å². The molecular formula is C13H12BrClN2. The monoisotopic (exact) mass is 310 g/mol. The Bertz CT molecular complexity index is 529. The van der Waals surface area contributed by atoms with Gasteiger partial charge in [-0.2, -0.15) is 0 Å². The molecule has 0 unspecified atom stereocenters. The summed E-state index contributed by atoms with van der Waals surface area (Å²) in [5.41, 5.74) is 3.30. The predicted molar refractivity (Wildman–Crippen MR) is 75.5 cm³/mol. The van der Waals surface area contributed by atoms with Crippen molar-refractivity contribution in [3.8, 4) is 0 Å². The molecule has 2 rings (SSSR count). The lowest BCUT2D eigenvalue weighted by molar-refractivity contribution is 1.13. The van der Waals surface area contributed by atoms with Crippen molar-refractivity contribution in [1.29, 1.82) is 0 Å². The number of rotatable bonds is 3. The minimum absolute atomic E-state index is 0.728. The highest BCUT2D eigenvalue weighted by molar-refractivity contribution is 9.10. The van der Waals surface area contributed by atoms with Crippen LogP contribution in [-0.4, -0.2) is 4.98 Å². The van der Waals surface area contributed by atoms with Crippen molar-refractivity contribution in [3.63, 3.8) is 0 Å². The number of anilines is 1. The quantitative estimate of drug-likeness (QED) is 0.907. The van der Waals surface area contributed by atoms with Gasteiger partial charge in [0.15, 0.2) is 0 Å². The van der Waals surface area contributed by atoms with Crippen molar-refractivity contribution in [1.82, 2.24) is 4.98 Å². The zero-order valence-electron chi connectivity index (χ0n) is 9.37. The zero-order valence-corrected chi connectivity index (χ0v) is 11.7. The van der Waals surface area contributed by atoms with Crippen LogP contribution in [0.3, 0.4) is 0 Å². The number of benzene rings is 1. The summed E-state index contributed by atoms with van der Waals surface area (Å²) in [5, 5.41) is 4.04. The van der Waals surface area contributed by atoms with Crippen LogP contribution in [0.4, 0.5) is 5.69 Å². The Morgan fingerprint density at radius 3 is 2.82 bits per heavy atom. The highest BCUT2D eigenvalue weighted by Crippen LogP contribution is 2.23. The van der Waals surface area contributed by atoms with Crippen molar-refractivity contribution in [2.24, 2.45) is 0 Å². The van der Waals surface area contributed by atoms with E-state index in [1.54, 1.807) is 0 Å². The molecule has 0 aliphatic carbocycles. The molecular weight excluding hydrogens is 300 g/mol. The van der Waals surface area contributed by atoms with E-state index in [0.717, 1.165) is 32.9 Å². The van der Waals surface area contributed by atoms with Crippen LogP contribution in [0.15, 0.2) is 41.1 Å². The molecule has 0 bridgehead atoms. The second kappa shape index (κ2) is 5.52. The van der Waals surface area contributed by atoms with Gasteiger partial charge in [-0.1, -0.05) is 17.7 Å². The Labute approximate surface area is 114 Å². The fourth-order valence-corrected chi connectivity index (χ4v) is 1.96. The van der Waals surface area contributed by atoms with Crippen molar-refractivity contribution in [3.05, 3.63) is 57.3 Å². The third-order valence-corrected chi connectivity index (χ3v) is 3.59. The molecule has 0 atom stereocenters. The molecule has 2 aromatic rings. The summed E-state index contributed by atoms with van der Waals surface area (Å²) in [6.07, 6.45) is 3.65. The summed E-state index contributed by atoms with van der Waals surface area (Å²) in [4.78, 5) is 4.13. The largest absolute Gasteiger partial charge is 0.380 e. The Morgan fingerprint density at radius 1 is 1.29 bits per heavy atom. The van der Waals surface area contributed by atoms with E-state index in [9.17, 15) is 0 Å². The second-order valence-corrected chi connectivity index (χ2v) is 5.11. The van der Waals surface area contributed by atoms with E-state index in [4.69, 9.17) is 11.6 Å². The molecule has 0 saturated heterocycles. The highest BCUT2D eigenvalue weighted by atomic mass is 79.9. The fraction of sp³-hybridized carbons (Fsp3) is 0.154. The number of nitrogens with one attached hydrogen (secondary N) is 1. The number of aryl methyl sites for hydroxylation is 1. The molecule has 88 valence electrons. The zero-order chi connectivity index (χ0) is 12.3. The minimum Gasteiger partial charge on any atom is -0.380 e. The molecule has 1 aromatic carbocycles. The summed E-state index contributed by atoms with van der Waals surface area (Å²) in [6, 6.07) is 8.00. The number of hydrogen-bond donors (Lipinski definition) is 1. The average Bonchev–Trinajstić information content (AvgIpc) is 2.31. The van der Waals surface area contributed by atoms with Crippen LogP contribution in [0.2, 0.25) is 5.02 Å². The standard InChI is InChI=1S/C13H12BrClN2/c1-9-4-11(8-16-6-9)17-7-10-2-3-12(14)13(15)5-10/h2-6,8,17H,7H2,1H3. The maximum Gasteiger partial charge on any atom is 0.0551 e. The molecule has 1 N–H and O–H groups in total. The van der Waals surface area contributed by atoms with Gasteiger partial charge in [0.05, 0.1) is 10.7 Å². The SMILES string of the molecule is Cc1cncc(NCc2ccc(Br)c(Cl)c2)c1. The van der Waals surface area contributed by atoms with Gasteiger partial charge in [0.1, 0.15) is 0 Å². The molecule has 0 saturated carbocycles. The topological polar surface area (TPSA) is 24.9 Å². The van der Waals surface area contributed by atoms with Crippen LogP contribution < -0.4 is 5.32 Å². The third-order valence-electron chi connectivity index (χ3n) is 2.36. The molecule has 17 heavy (non-hydrogen) atoms. The fourth-order valence-electron chi connectivity index (χ4n) is 1.51. The lowest BCUT2D eigenvalue weighted by atomic mass is 10.2. The van der Waals surface area contributed by atoms with Gasteiger partial charge in [0.25, 0.3) is 0 Å². The number of hydrogen-bond acceptors (Lipinski definition) is 2. The smallest absolute Gasteiger partial charge is 0.0551 e. The molecule has 0 spiro atoms. The first-order chi connectivity index (χ1) is 8.15. The van der Waals surface area contributed by atoms with E-state index >= 15 is 0 Å². The first-order valence-corrected chi connectivity index (χ1v) is 6.42. The normalized spacial score (nSPS) is 10.3. The Morgan fingerprint density at radius 2 is 2.12 bits per heavy atom. The van der Waals surface area contributed by atoms with Crippen LogP contribution in [0.1, 0.15) is 11.1 Å². The molecule has 1 heterocycles. The van der Waals surface area contributed by atoms with Crippen molar-refractivity contribution in [2.75, 3.05) is 5.32 Å². The molecule has 0 fully saturated rings. The molecule has 2 nitrogen and oxygen atoms in total. The summed E-state index contributed by atoms with van der Waals surface area (Å²) in [7, 11) is 0. The van der Waals surface area contributed by atoms with Crippen molar-refractivity contribution >= 4 is 33.2 Å². The minimum atomic E-state index is 0.728. The number of halogens is 2. The Balaban J connectivity index is 2.05. The van der Waals surface area contributed by atoms with E-state index in [1.807, 2.05) is 37.5 Å². The van der Waals surface area contributed by atoms with Gasteiger partial charge in [-0.3, -0.25) is 4.98 Å². The maximum absolute atomic E-state index is 6.03. The lowest BCUT2D eigenvalue weighted by Gasteiger charge is -2.07. The maximum atomic E-state index is 6.03. The lowest BCUT2D eigenvalue weighted by Crippen LogP contribution is -2.00. The molecule has 0 aliphatic rings. The Kier molecular flexibility index (Phi) is 4.02. The van der Waals surface area contributed by atoms with Gasteiger partial charge in [-0.15, -0.1) is 0 Å². The first kappa shape index (κ1) is 12.4. The van der Waals surface area contributed by atoms with E-state index in [2.05, 4.69) is 32.3 Å². The predicted octanol–water partition coefficient (Wildman–Crippen LogP) is 4.42. The van der Waals surface area contributed by atoms with Crippen LogP contribution >= 0.6 is 27.5 Å². The molecule has 0 aliphatic heterocycles. The third kappa shape index (κ3) is 3.45. The van der Waals surface area contributed by atoms with Gasteiger partial charge in [-0.05, 0) is 52.2 Å². The van der Waals surface area contributed by atoms with Crippen LogP contribution in [0.5, 0.6) is 0 Å². The molecule has 1 aromatic heterocycles. The van der Waals surface area contributed by atoms with E-state index in [0.29, 0.717) is 0 Å². The van der Waals surface area contributed by atoms with Crippen molar-refractivity contribution in [2.45, 2.75) is 13.5 Å². The summed E-state index contributed by atoms with van der Waals surface area (Å²) < 4.78 is 0.917. The average molecular weight is 312 g/mol. The number of pyridine rings is 1.